The number of rotatable bonds is 6. The minimum absolute atomic E-state index is 0.338. The van der Waals surface area contributed by atoms with Gasteiger partial charge in [-0.1, -0.05) is 6.07 Å². The van der Waals surface area contributed by atoms with Crippen LogP contribution >= 0.6 is 15.9 Å². The molecule has 0 spiro atoms. The number of hydrogen-bond acceptors (Lipinski definition) is 2. The van der Waals surface area contributed by atoms with Crippen molar-refractivity contribution in [2.75, 3.05) is 20.3 Å². The van der Waals surface area contributed by atoms with Crippen molar-refractivity contribution in [1.82, 2.24) is 5.32 Å². The Balaban J connectivity index is 2.58. The summed E-state index contributed by atoms with van der Waals surface area (Å²) in [4.78, 5) is 0. The zero-order chi connectivity index (χ0) is 11.1. The predicted octanol–water partition coefficient (Wildman–Crippen LogP) is 2.91. The molecule has 0 aliphatic heterocycles. The van der Waals surface area contributed by atoms with Crippen molar-refractivity contribution >= 4 is 15.9 Å². The molecule has 2 nitrogen and oxygen atoms in total. The van der Waals surface area contributed by atoms with Crippen LogP contribution in [0.2, 0.25) is 0 Å². The number of hydrogen-bond donors (Lipinski definition) is 1. The van der Waals surface area contributed by atoms with Gasteiger partial charge in [0.2, 0.25) is 0 Å². The van der Waals surface area contributed by atoms with E-state index in [2.05, 4.69) is 21.2 Å². The third-order valence-electron chi connectivity index (χ3n) is 1.91. The first-order valence-corrected chi connectivity index (χ1v) is 5.69. The second kappa shape index (κ2) is 6.80. The van der Waals surface area contributed by atoms with Crippen molar-refractivity contribution in [3.8, 4) is 5.75 Å². The van der Waals surface area contributed by atoms with E-state index in [1.807, 2.05) is 25.2 Å². The molecule has 0 heterocycles. The summed E-state index contributed by atoms with van der Waals surface area (Å²) in [6.07, 6.45) is 0.435. The third kappa shape index (κ3) is 4.18. The molecule has 0 radical (unpaired) electrons. The lowest BCUT2D eigenvalue weighted by atomic mass is 10.2. The predicted molar refractivity (Wildman–Crippen MR) is 63.0 cm³/mol. The molecule has 1 N–H and O–H groups in total. The standard InChI is InChI=1S/C11H15BrFNO/c1-14-8-9-3-4-11(10(12)7-9)15-6-2-5-13/h3-4,7,14H,2,5-6,8H2,1H3. The molecule has 1 aromatic rings. The van der Waals surface area contributed by atoms with Crippen LogP contribution in [0.1, 0.15) is 12.0 Å². The van der Waals surface area contributed by atoms with Crippen LogP contribution in [-0.4, -0.2) is 20.3 Å². The number of halogens is 2. The SMILES string of the molecule is CNCc1ccc(OCCCF)c(Br)c1. The quantitative estimate of drug-likeness (QED) is 0.807. The number of benzene rings is 1. The second-order valence-electron chi connectivity index (χ2n) is 3.19. The van der Waals surface area contributed by atoms with Crippen LogP contribution in [0.3, 0.4) is 0 Å². The van der Waals surface area contributed by atoms with Crippen molar-refractivity contribution in [3.63, 3.8) is 0 Å². The maximum atomic E-state index is 11.9. The fourth-order valence-electron chi connectivity index (χ4n) is 1.21. The van der Waals surface area contributed by atoms with E-state index in [9.17, 15) is 4.39 Å². The van der Waals surface area contributed by atoms with Gasteiger partial charge in [-0.25, -0.2) is 0 Å². The average Bonchev–Trinajstić information content (AvgIpc) is 2.22. The second-order valence-corrected chi connectivity index (χ2v) is 4.04. The van der Waals surface area contributed by atoms with E-state index in [0.717, 1.165) is 16.8 Å². The average molecular weight is 276 g/mol. The minimum atomic E-state index is -0.338. The maximum Gasteiger partial charge on any atom is 0.133 e. The molecule has 0 bridgehead atoms. The third-order valence-corrected chi connectivity index (χ3v) is 2.53. The Labute approximate surface area is 98.0 Å². The van der Waals surface area contributed by atoms with Crippen LogP contribution in [0.5, 0.6) is 5.75 Å². The van der Waals surface area contributed by atoms with Gasteiger partial charge >= 0.3 is 0 Å². The topological polar surface area (TPSA) is 21.3 Å². The summed E-state index contributed by atoms with van der Waals surface area (Å²) in [5, 5.41) is 3.07. The highest BCUT2D eigenvalue weighted by molar-refractivity contribution is 9.10. The summed E-state index contributed by atoms with van der Waals surface area (Å²) in [5.41, 5.74) is 1.18. The van der Waals surface area contributed by atoms with Gasteiger partial charge in [-0.15, -0.1) is 0 Å². The molecule has 0 unspecified atom stereocenters. The van der Waals surface area contributed by atoms with Gasteiger partial charge in [0, 0.05) is 13.0 Å². The monoisotopic (exact) mass is 275 g/mol. The molecule has 0 atom stereocenters. The zero-order valence-electron chi connectivity index (χ0n) is 8.72. The Kier molecular flexibility index (Phi) is 5.65. The van der Waals surface area contributed by atoms with Gasteiger partial charge in [-0.3, -0.25) is 4.39 Å². The van der Waals surface area contributed by atoms with E-state index in [1.54, 1.807) is 0 Å². The van der Waals surface area contributed by atoms with E-state index >= 15 is 0 Å². The fraction of sp³-hybridized carbons (Fsp3) is 0.455. The molecule has 15 heavy (non-hydrogen) atoms. The summed E-state index contributed by atoms with van der Waals surface area (Å²) >= 11 is 3.42. The smallest absolute Gasteiger partial charge is 0.133 e. The largest absolute Gasteiger partial charge is 0.492 e. The summed E-state index contributed by atoms with van der Waals surface area (Å²) < 4.78 is 18.2. The lowest BCUT2D eigenvalue weighted by molar-refractivity contribution is 0.288. The van der Waals surface area contributed by atoms with Crippen molar-refractivity contribution in [2.45, 2.75) is 13.0 Å². The van der Waals surface area contributed by atoms with Crippen molar-refractivity contribution in [3.05, 3.63) is 28.2 Å². The molecule has 0 aliphatic carbocycles. The van der Waals surface area contributed by atoms with Gasteiger partial charge in [0.1, 0.15) is 5.75 Å². The molecule has 0 saturated carbocycles. The van der Waals surface area contributed by atoms with E-state index < -0.39 is 0 Å². The van der Waals surface area contributed by atoms with Crippen LogP contribution in [0.15, 0.2) is 22.7 Å². The number of alkyl halides is 1. The van der Waals surface area contributed by atoms with Gasteiger partial charge in [-0.2, -0.15) is 0 Å². The summed E-state index contributed by atoms with van der Waals surface area (Å²) in [6.45, 7) is 0.902. The van der Waals surface area contributed by atoms with Crippen LogP contribution in [-0.2, 0) is 6.54 Å². The Morgan fingerprint density at radius 1 is 1.47 bits per heavy atom. The molecule has 0 amide bonds. The lowest BCUT2D eigenvalue weighted by Gasteiger charge is -2.08. The minimum Gasteiger partial charge on any atom is -0.492 e. The number of ether oxygens (including phenoxy) is 1. The summed E-state index contributed by atoms with van der Waals surface area (Å²) in [5.74, 6) is 0.767. The maximum absolute atomic E-state index is 11.9. The van der Waals surface area contributed by atoms with Crippen LogP contribution in [0.4, 0.5) is 4.39 Å². The fourth-order valence-corrected chi connectivity index (χ4v) is 1.75. The summed E-state index contributed by atoms with van der Waals surface area (Å²) in [7, 11) is 1.90. The highest BCUT2D eigenvalue weighted by Gasteiger charge is 2.02. The van der Waals surface area contributed by atoms with E-state index in [0.29, 0.717) is 13.0 Å². The first kappa shape index (κ1) is 12.5. The van der Waals surface area contributed by atoms with Gasteiger partial charge in [0.05, 0.1) is 17.8 Å². The van der Waals surface area contributed by atoms with Crippen molar-refractivity contribution in [2.24, 2.45) is 0 Å². The van der Waals surface area contributed by atoms with Gasteiger partial charge in [-0.05, 0) is 40.7 Å². The molecular formula is C11H15BrFNO. The van der Waals surface area contributed by atoms with Gasteiger partial charge in [0.25, 0.3) is 0 Å². The number of nitrogens with one attached hydrogen (secondary N) is 1. The Hall–Kier alpha value is -0.610. The molecule has 84 valence electrons. The van der Waals surface area contributed by atoms with Crippen LogP contribution in [0, 0.1) is 0 Å². The summed E-state index contributed by atoms with van der Waals surface area (Å²) in [6, 6.07) is 5.89. The Morgan fingerprint density at radius 3 is 2.87 bits per heavy atom. The van der Waals surface area contributed by atoms with Crippen LogP contribution < -0.4 is 10.1 Å². The molecular weight excluding hydrogens is 261 g/mol. The molecule has 0 saturated heterocycles. The van der Waals surface area contributed by atoms with E-state index in [1.165, 1.54) is 5.56 Å². The highest BCUT2D eigenvalue weighted by Crippen LogP contribution is 2.26. The van der Waals surface area contributed by atoms with Gasteiger partial charge in [0.15, 0.2) is 0 Å². The molecule has 1 aromatic carbocycles. The molecule has 0 aliphatic rings. The molecule has 0 aromatic heterocycles. The molecule has 4 heteroatoms. The molecule has 0 fully saturated rings. The van der Waals surface area contributed by atoms with Crippen molar-refractivity contribution in [1.29, 1.82) is 0 Å². The van der Waals surface area contributed by atoms with Gasteiger partial charge < -0.3 is 10.1 Å². The zero-order valence-corrected chi connectivity index (χ0v) is 10.3. The first-order chi connectivity index (χ1) is 7.27. The van der Waals surface area contributed by atoms with Crippen molar-refractivity contribution < 1.29 is 9.13 Å². The Morgan fingerprint density at radius 2 is 2.27 bits per heavy atom. The first-order valence-electron chi connectivity index (χ1n) is 4.89. The van der Waals surface area contributed by atoms with Crippen LogP contribution in [0.25, 0.3) is 0 Å². The Bertz CT molecular complexity index is 307. The highest BCUT2D eigenvalue weighted by atomic mass is 79.9. The molecule has 1 rings (SSSR count). The lowest BCUT2D eigenvalue weighted by Crippen LogP contribution is -2.05. The van der Waals surface area contributed by atoms with E-state index in [-0.39, 0.29) is 6.67 Å². The normalized spacial score (nSPS) is 10.3. The van der Waals surface area contributed by atoms with E-state index in [4.69, 9.17) is 4.74 Å².